The van der Waals surface area contributed by atoms with Gasteiger partial charge in [0.2, 0.25) is 24.3 Å². The molecule has 0 bridgehead atoms. The lowest BCUT2D eigenvalue weighted by Gasteiger charge is -2.16. The van der Waals surface area contributed by atoms with Crippen LogP contribution in [0, 0.1) is 0 Å². The maximum Gasteiger partial charge on any atom is 0.235 e. The largest absolute Gasteiger partial charge is 0.235 e. The van der Waals surface area contributed by atoms with E-state index in [-0.39, 0.29) is 24.7 Å². The summed E-state index contributed by atoms with van der Waals surface area (Å²) in [4.78, 5) is 52.3. The predicted molar refractivity (Wildman–Crippen MR) is 84.2 cm³/mol. The fraction of sp³-hybridized carbons (Fsp3) is 0.733. The second-order valence-electron chi connectivity index (χ2n) is 5.28. The normalized spacial score (nSPS) is 10.4. The molecule has 0 heterocycles. The van der Waals surface area contributed by atoms with E-state index in [1.807, 2.05) is 20.8 Å². The molecule has 1 atom stereocenters. The van der Waals surface area contributed by atoms with Gasteiger partial charge in [0.25, 0.3) is 0 Å². The topological polar surface area (TPSA) is 118 Å². The Labute approximate surface area is 135 Å². The van der Waals surface area contributed by atoms with Crippen LogP contribution < -0.4 is 0 Å². The van der Waals surface area contributed by atoms with Crippen LogP contribution in [0.3, 0.4) is 0 Å². The van der Waals surface area contributed by atoms with Crippen molar-refractivity contribution in [3.63, 3.8) is 0 Å². The van der Waals surface area contributed by atoms with Gasteiger partial charge in [-0.2, -0.15) is 4.99 Å². The third-order valence-electron chi connectivity index (χ3n) is 2.73. The van der Waals surface area contributed by atoms with E-state index in [1.54, 1.807) is 12.2 Å². The van der Waals surface area contributed by atoms with E-state index in [1.165, 1.54) is 12.2 Å². The van der Waals surface area contributed by atoms with E-state index in [0.29, 0.717) is 0 Å². The van der Waals surface area contributed by atoms with Crippen LogP contribution >= 0.6 is 0 Å². The molecule has 0 aromatic heterocycles. The molecule has 0 N–H and O–H groups in total. The smallest absolute Gasteiger partial charge is 0.211 e. The molecular weight excluding hydrogens is 300 g/mol. The van der Waals surface area contributed by atoms with Crippen molar-refractivity contribution in [3.8, 4) is 0 Å². The van der Waals surface area contributed by atoms with Gasteiger partial charge in [0, 0.05) is 0 Å². The first-order valence-corrected chi connectivity index (χ1v) is 7.16. The Hall–Kier alpha value is -2.48. The molecule has 8 nitrogen and oxygen atoms in total. The van der Waals surface area contributed by atoms with Crippen molar-refractivity contribution in [1.29, 1.82) is 0 Å². The lowest BCUT2D eigenvalue weighted by atomic mass is 9.97. The van der Waals surface area contributed by atoms with Crippen molar-refractivity contribution in [1.82, 2.24) is 0 Å². The summed E-state index contributed by atoms with van der Waals surface area (Å²) < 4.78 is 0. The maximum atomic E-state index is 10.1. The second kappa shape index (κ2) is 15.9. The molecule has 1 unspecified atom stereocenters. The molecule has 0 aliphatic rings. The number of nitrogens with zero attached hydrogens (tertiary/aromatic N) is 4. The van der Waals surface area contributed by atoms with E-state index in [2.05, 4.69) is 20.0 Å². The molecule has 0 aliphatic carbocycles. The van der Waals surface area contributed by atoms with Crippen LogP contribution in [-0.2, 0) is 19.2 Å². The highest BCUT2D eigenvalue weighted by atomic mass is 16.1. The van der Waals surface area contributed by atoms with Gasteiger partial charge in [-0.15, -0.1) is 0 Å². The molecule has 0 rings (SSSR count). The molecule has 0 aromatic carbocycles. The van der Waals surface area contributed by atoms with Crippen molar-refractivity contribution >= 4 is 24.3 Å². The highest BCUT2D eigenvalue weighted by molar-refractivity contribution is 5.34. The van der Waals surface area contributed by atoms with Gasteiger partial charge in [-0.05, 0) is 33.6 Å². The van der Waals surface area contributed by atoms with Crippen LogP contribution in [0.25, 0.3) is 0 Å². The summed E-state index contributed by atoms with van der Waals surface area (Å²) in [5.41, 5.74) is -0.321. The summed E-state index contributed by atoms with van der Waals surface area (Å²) in [6, 6.07) is 0.0418. The van der Waals surface area contributed by atoms with Gasteiger partial charge in [0.15, 0.2) is 0 Å². The minimum absolute atomic E-state index is 0.0418. The quantitative estimate of drug-likeness (QED) is 0.347. The predicted octanol–water partition coefficient (Wildman–Crippen LogP) is 2.04. The van der Waals surface area contributed by atoms with E-state index >= 15 is 0 Å². The fourth-order valence-electron chi connectivity index (χ4n) is 1.52. The van der Waals surface area contributed by atoms with Gasteiger partial charge in [-0.25, -0.2) is 34.2 Å². The average Bonchev–Trinajstić information content (AvgIpc) is 2.49. The van der Waals surface area contributed by atoms with Crippen LogP contribution in [0.4, 0.5) is 0 Å². The van der Waals surface area contributed by atoms with Crippen molar-refractivity contribution in [2.45, 2.75) is 58.0 Å². The lowest BCUT2D eigenvalue weighted by Crippen LogP contribution is -2.15. The van der Waals surface area contributed by atoms with E-state index < -0.39 is 0 Å². The number of hydrogen-bond acceptors (Lipinski definition) is 8. The zero-order chi connectivity index (χ0) is 18.0. The molecule has 8 heteroatoms. The first-order valence-electron chi connectivity index (χ1n) is 7.16. The molecular formula is C15H22N4O4. The van der Waals surface area contributed by atoms with Gasteiger partial charge in [-0.3, -0.25) is 0 Å². The summed E-state index contributed by atoms with van der Waals surface area (Å²) >= 11 is 0. The first-order chi connectivity index (χ1) is 10.9. The van der Waals surface area contributed by atoms with Crippen molar-refractivity contribution in [3.05, 3.63) is 0 Å². The van der Waals surface area contributed by atoms with E-state index in [9.17, 15) is 19.2 Å². The SMILES string of the molecule is CC(CCCCC(C)(C)N=C=O)N=C=O.O=C=NCCN=C=O. The molecule has 0 amide bonds. The van der Waals surface area contributed by atoms with Crippen LogP contribution in [-0.4, -0.2) is 49.0 Å². The van der Waals surface area contributed by atoms with Gasteiger partial charge < -0.3 is 0 Å². The summed E-state index contributed by atoms with van der Waals surface area (Å²) in [5, 5.41) is 0. The third kappa shape index (κ3) is 19.5. The minimum Gasteiger partial charge on any atom is -0.211 e. The van der Waals surface area contributed by atoms with Gasteiger partial charge in [0.1, 0.15) is 0 Å². The zero-order valence-corrected chi connectivity index (χ0v) is 13.7. The summed E-state index contributed by atoms with van der Waals surface area (Å²) in [5.74, 6) is 0. The number of hydrogen-bond donors (Lipinski definition) is 0. The molecule has 0 fully saturated rings. The van der Waals surface area contributed by atoms with Gasteiger partial charge in [0.05, 0.1) is 24.7 Å². The second-order valence-corrected chi connectivity index (χ2v) is 5.28. The Balaban J connectivity index is 0. The Kier molecular flexibility index (Phi) is 15.8. The molecule has 0 spiro atoms. The van der Waals surface area contributed by atoms with Crippen LogP contribution in [0.2, 0.25) is 0 Å². The molecule has 0 aromatic rings. The highest BCUT2D eigenvalue weighted by Gasteiger charge is 2.15. The lowest BCUT2D eigenvalue weighted by molar-refractivity contribution is 0.436. The summed E-state index contributed by atoms with van der Waals surface area (Å²) in [6.07, 6.45) is 9.42. The number of carbonyl (C=O) groups excluding carboxylic acids is 4. The van der Waals surface area contributed by atoms with Crippen molar-refractivity contribution < 1.29 is 19.2 Å². The van der Waals surface area contributed by atoms with Crippen LogP contribution in [0.5, 0.6) is 0 Å². The summed E-state index contributed by atoms with van der Waals surface area (Å²) in [7, 11) is 0. The van der Waals surface area contributed by atoms with Crippen LogP contribution in [0.1, 0.15) is 46.5 Å². The first kappa shape index (κ1) is 22.8. The van der Waals surface area contributed by atoms with E-state index in [0.717, 1.165) is 25.7 Å². The number of rotatable bonds is 10. The van der Waals surface area contributed by atoms with E-state index in [4.69, 9.17) is 0 Å². The summed E-state index contributed by atoms with van der Waals surface area (Å²) in [6.45, 7) is 6.15. The maximum absolute atomic E-state index is 10.1. The van der Waals surface area contributed by atoms with Crippen LogP contribution in [0.15, 0.2) is 20.0 Å². The van der Waals surface area contributed by atoms with Crippen molar-refractivity contribution in [2.24, 2.45) is 20.0 Å². The zero-order valence-electron chi connectivity index (χ0n) is 13.7. The third-order valence-corrected chi connectivity index (χ3v) is 2.73. The monoisotopic (exact) mass is 322 g/mol. The Morgan fingerprint density at radius 3 is 1.87 bits per heavy atom. The Morgan fingerprint density at radius 1 is 0.870 bits per heavy atom. The number of aliphatic imine (C=N–C) groups is 4. The Morgan fingerprint density at radius 2 is 1.43 bits per heavy atom. The molecule has 0 radical (unpaired) electrons. The minimum atomic E-state index is -0.321. The Bertz CT molecular complexity index is 490. The van der Waals surface area contributed by atoms with Crippen molar-refractivity contribution in [2.75, 3.05) is 13.1 Å². The average molecular weight is 322 g/mol. The van der Waals surface area contributed by atoms with Gasteiger partial charge >= 0.3 is 0 Å². The molecule has 0 saturated carbocycles. The highest BCUT2D eigenvalue weighted by Crippen LogP contribution is 2.18. The molecule has 126 valence electrons. The molecule has 0 saturated heterocycles. The molecule has 23 heavy (non-hydrogen) atoms. The molecule has 0 aliphatic heterocycles. The van der Waals surface area contributed by atoms with Gasteiger partial charge in [-0.1, -0.05) is 12.8 Å². The fourth-order valence-corrected chi connectivity index (χ4v) is 1.52. The number of isocyanates is 4. The number of unbranched alkanes of at least 4 members (excludes halogenated alkanes) is 1. The standard InChI is InChI=1S/C11H18N2O2.C4H4N2O2/c1-10(12-8-14)6-4-5-7-11(2,3)13-9-15;7-3-5-1-2-6-4-8/h10H,4-7H2,1-3H3;1-2H2.